The number of nitrogens with zero attached hydrogens (tertiary/aromatic N) is 2. The molecule has 2 aromatic carbocycles. The minimum absolute atomic E-state index is 0.0829. The molecular weight excluding hydrogens is 358 g/mol. The summed E-state index contributed by atoms with van der Waals surface area (Å²) in [6.07, 6.45) is 0. The van der Waals surface area contributed by atoms with Gasteiger partial charge in [0.25, 0.3) is 0 Å². The van der Waals surface area contributed by atoms with Crippen molar-refractivity contribution in [3.05, 3.63) is 60.2 Å². The number of fused-ring (bicyclic) bond motifs is 1. The first-order valence-electron chi connectivity index (χ1n) is 8.52. The molecule has 0 bridgehead atoms. The van der Waals surface area contributed by atoms with Crippen molar-refractivity contribution in [2.75, 3.05) is 14.2 Å². The topological polar surface area (TPSA) is 97.3 Å². The van der Waals surface area contributed by atoms with Crippen LogP contribution in [-0.4, -0.2) is 40.2 Å². The van der Waals surface area contributed by atoms with Crippen LogP contribution in [0.5, 0.6) is 11.5 Å². The smallest absolute Gasteiger partial charge is 0.338 e. The van der Waals surface area contributed by atoms with E-state index in [0.717, 1.165) is 5.56 Å². The lowest BCUT2D eigenvalue weighted by Crippen LogP contribution is -2.01. The van der Waals surface area contributed by atoms with Gasteiger partial charge >= 0.3 is 5.97 Å². The molecule has 0 radical (unpaired) electrons. The Morgan fingerprint density at radius 2 is 1.79 bits per heavy atom. The van der Waals surface area contributed by atoms with Gasteiger partial charge in [-0.15, -0.1) is 0 Å². The molecule has 0 atom stereocenters. The standard InChI is InChI=1S/C21H17N3O4/c1-27-13-8-9-17(28-2)14(10-13)16-11-15(21(25)26)18-20(22-16)24-19(23-18)12-6-4-3-5-7-12/h3-11H,1-2H3,(H,25,26)(H,22,23,24). The van der Waals surface area contributed by atoms with Gasteiger partial charge in [-0.25, -0.2) is 14.8 Å². The number of aromatic amines is 1. The third-order valence-electron chi connectivity index (χ3n) is 4.42. The van der Waals surface area contributed by atoms with E-state index < -0.39 is 5.97 Å². The van der Waals surface area contributed by atoms with Crippen molar-refractivity contribution < 1.29 is 19.4 Å². The molecule has 0 amide bonds. The minimum Gasteiger partial charge on any atom is -0.497 e. The number of nitrogens with one attached hydrogen (secondary N) is 1. The molecule has 0 fully saturated rings. The highest BCUT2D eigenvalue weighted by atomic mass is 16.5. The number of carboxylic acid groups (broad SMARTS) is 1. The summed E-state index contributed by atoms with van der Waals surface area (Å²) in [6, 6.07) is 16.2. The highest BCUT2D eigenvalue weighted by Crippen LogP contribution is 2.34. The lowest BCUT2D eigenvalue weighted by atomic mass is 10.1. The number of aromatic carboxylic acids is 1. The van der Waals surface area contributed by atoms with Gasteiger partial charge in [0.1, 0.15) is 17.3 Å². The summed E-state index contributed by atoms with van der Waals surface area (Å²) in [7, 11) is 3.11. The molecule has 0 aliphatic carbocycles. The third-order valence-corrected chi connectivity index (χ3v) is 4.42. The Bertz CT molecular complexity index is 1170. The summed E-state index contributed by atoms with van der Waals surface area (Å²) < 4.78 is 10.7. The van der Waals surface area contributed by atoms with Crippen molar-refractivity contribution in [1.29, 1.82) is 0 Å². The number of carboxylic acids is 1. The second kappa shape index (κ2) is 7.03. The van der Waals surface area contributed by atoms with E-state index in [4.69, 9.17) is 9.47 Å². The van der Waals surface area contributed by atoms with Gasteiger partial charge < -0.3 is 19.6 Å². The first-order valence-corrected chi connectivity index (χ1v) is 8.52. The lowest BCUT2D eigenvalue weighted by Gasteiger charge is -2.10. The SMILES string of the molecule is COc1ccc(OC)c(-c2cc(C(=O)O)c3[nH]c(-c4ccccc4)nc3n2)c1. The first-order chi connectivity index (χ1) is 13.6. The van der Waals surface area contributed by atoms with E-state index >= 15 is 0 Å². The van der Waals surface area contributed by atoms with Crippen molar-refractivity contribution in [1.82, 2.24) is 15.0 Å². The molecule has 4 aromatic rings. The predicted octanol–water partition coefficient (Wildman–Crippen LogP) is 4.01. The Hall–Kier alpha value is -3.87. The Morgan fingerprint density at radius 3 is 2.46 bits per heavy atom. The molecule has 2 N–H and O–H groups in total. The van der Waals surface area contributed by atoms with Gasteiger partial charge in [-0.3, -0.25) is 0 Å². The van der Waals surface area contributed by atoms with Crippen LogP contribution in [0.25, 0.3) is 33.8 Å². The van der Waals surface area contributed by atoms with E-state index in [-0.39, 0.29) is 5.56 Å². The van der Waals surface area contributed by atoms with Crippen molar-refractivity contribution in [3.8, 4) is 34.1 Å². The molecule has 7 nitrogen and oxygen atoms in total. The molecule has 4 rings (SSSR count). The van der Waals surface area contributed by atoms with E-state index in [0.29, 0.717) is 39.7 Å². The molecule has 0 unspecified atom stereocenters. The number of H-pyrrole nitrogens is 1. The Kier molecular flexibility index (Phi) is 4.41. The van der Waals surface area contributed by atoms with Gasteiger partial charge in [-0.2, -0.15) is 0 Å². The van der Waals surface area contributed by atoms with Crippen molar-refractivity contribution >= 4 is 17.1 Å². The van der Waals surface area contributed by atoms with Gasteiger partial charge in [0.15, 0.2) is 5.65 Å². The van der Waals surface area contributed by atoms with Crippen LogP contribution >= 0.6 is 0 Å². The fourth-order valence-electron chi connectivity index (χ4n) is 3.04. The second-order valence-electron chi connectivity index (χ2n) is 6.08. The first kappa shape index (κ1) is 17.5. The fourth-order valence-corrected chi connectivity index (χ4v) is 3.04. The monoisotopic (exact) mass is 375 g/mol. The number of hydrogen-bond donors (Lipinski definition) is 2. The van der Waals surface area contributed by atoms with E-state index in [1.807, 2.05) is 30.3 Å². The zero-order valence-corrected chi connectivity index (χ0v) is 15.3. The third kappa shape index (κ3) is 3.03. The van der Waals surface area contributed by atoms with Gasteiger partial charge in [0.2, 0.25) is 0 Å². The Labute approximate surface area is 160 Å². The molecule has 2 aromatic heterocycles. The number of aromatic nitrogens is 3. The molecule has 0 spiro atoms. The highest BCUT2D eigenvalue weighted by Gasteiger charge is 2.19. The van der Waals surface area contributed by atoms with Gasteiger partial charge in [-0.05, 0) is 24.3 Å². The van der Waals surface area contributed by atoms with Crippen LogP contribution in [-0.2, 0) is 0 Å². The molecule has 7 heteroatoms. The summed E-state index contributed by atoms with van der Waals surface area (Å²) >= 11 is 0. The molecule has 0 saturated heterocycles. The molecule has 0 aliphatic heterocycles. The van der Waals surface area contributed by atoms with Crippen LogP contribution in [0, 0.1) is 0 Å². The maximum absolute atomic E-state index is 11.9. The fraction of sp³-hybridized carbons (Fsp3) is 0.0952. The largest absolute Gasteiger partial charge is 0.497 e. The van der Waals surface area contributed by atoms with Crippen molar-refractivity contribution in [3.63, 3.8) is 0 Å². The summed E-state index contributed by atoms with van der Waals surface area (Å²) in [4.78, 5) is 24.1. The van der Waals surface area contributed by atoms with E-state index in [2.05, 4.69) is 15.0 Å². The number of methoxy groups -OCH3 is 2. The van der Waals surface area contributed by atoms with Crippen LogP contribution in [0.4, 0.5) is 0 Å². The van der Waals surface area contributed by atoms with Gasteiger partial charge in [0.05, 0.1) is 31.0 Å². The van der Waals surface area contributed by atoms with Crippen LogP contribution in [0.1, 0.15) is 10.4 Å². The van der Waals surface area contributed by atoms with Crippen molar-refractivity contribution in [2.45, 2.75) is 0 Å². The Balaban J connectivity index is 1.95. The number of carbonyl (C=O) groups is 1. The molecule has 0 saturated carbocycles. The number of pyridine rings is 1. The van der Waals surface area contributed by atoms with Crippen LogP contribution in [0.3, 0.4) is 0 Å². The quantitative estimate of drug-likeness (QED) is 0.547. The zero-order valence-electron chi connectivity index (χ0n) is 15.3. The number of benzene rings is 2. The number of hydrogen-bond acceptors (Lipinski definition) is 5. The van der Waals surface area contributed by atoms with Crippen molar-refractivity contribution in [2.24, 2.45) is 0 Å². The summed E-state index contributed by atoms with van der Waals surface area (Å²) in [5, 5.41) is 9.73. The summed E-state index contributed by atoms with van der Waals surface area (Å²) in [5.41, 5.74) is 2.68. The zero-order chi connectivity index (χ0) is 19.7. The summed E-state index contributed by atoms with van der Waals surface area (Å²) in [5.74, 6) is 0.656. The average Bonchev–Trinajstić information content (AvgIpc) is 3.17. The van der Waals surface area contributed by atoms with Crippen LogP contribution in [0.15, 0.2) is 54.6 Å². The number of ether oxygens (including phenoxy) is 2. The normalized spacial score (nSPS) is 10.8. The van der Waals surface area contributed by atoms with Crippen LogP contribution < -0.4 is 9.47 Å². The number of rotatable bonds is 5. The van der Waals surface area contributed by atoms with Gasteiger partial charge in [0, 0.05) is 11.1 Å². The highest BCUT2D eigenvalue weighted by molar-refractivity contribution is 6.02. The van der Waals surface area contributed by atoms with E-state index in [9.17, 15) is 9.90 Å². The minimum atomic E-state index is -1.07. The predicted molar refractivity (Wildman–Crippen MR) is 105 cm³/mol. The van der Waals surface area contributed by atoms with E-state index in [1.165, 1.54) is 6.07 Å². The Morgan fingerprint density at radius 1 is 1.00 bits per heavy atom. The summed E-state index contributed by atoms with van der Waals surface area (Å²) in [6.45, 7) is 0. The molecular formula is C21H17N3O4. The molecule has 140 valence electrons. The average molecular weight is 375 g/mol. The maximum Gasteiger partial charge on any atom is 0.338 e. The van der Waals surface area contributed by atoms with E-state index in [1.54, 1.807) is 32.4 Å². The molecule has 2 heterocycles. The number of imidazole rings is 1. The van der Waals surface area contributed by atoms with Crippen LogP contribution in [0.2, 0.25) is 0 Å². The maximum atomic E-state index is 11.9. The molecule has 0 aliphatic rings. The van der Waals surface area contributed by atoms with Gasteiger partial charge in [-0.1, -0.05) is 30.3 Å². The lowest BCUT2D eigenvalue weighted by molar-refractivity contribution is 0.0699. The molecule has 28 heavy (non-hydrogen) atoms. The second-order valence-corrected chi connectivity index (χ2v) is 6.08.